The lowest BCUT2D eigenvalue weighted by atomic mass is 10.2. The van der Waals surface area contributed by atoms with Gasteiger partial charge in [0.1, 0.15) is 11.5 Å². The number of benzene rings is 2. The number of nitrogens with one attached hydrogen (secondary N) is 1. The number of hydrazone groups is 1. The van der Waals surface area contributed by atoms with Gasteiger partial charge in [-0.3, -0.25) is 4.79 Å². The van der Waals surface area contributed by atoms with Crippen molar-refractivity contribution in [1.29, 1.82) is 0 Å². The molecule has 1 N–H and O–H groups in total. The Morgan fingerprint density at radius 1 is 1.10 bits per heavy atom. The van der Waals surface area contributed by atoms with Gasteiger partial charge in [-0.1, -0.05) is 18.2 Å². The van der Waals surface area contributed by atoms with Gasteiger partial charge in [-0.2, -0.15) is 10.2 Å². The number of carbonyl (C=O) groups excluding carboxylic acids is 1. The number of hydrogen-bond donors (Lipinski definition) is 1. The van der Waals surface area contributed by atoms with Gasteiger partial charge in [0.2, 0.25) is 6.79 Å². The topological polar surface area (TPSA) is 90.9 Å². The van der Waals surface area contributed by atoms with E-state index in [9.17, 15) is 4.79 Å². The Morgan fingerprint density at radius 2 is 1.94 bits per heavy atom. The highest BCUT2D eigenvalue weighted by Crippen LogP contribution is 2.32. The van der Waals surface area contributed by atoms with Crippen molar-refractivity contribution >= 4 is 12.1 Å². The number of rotatable bonds is 5. The predicted octanol–water partition coefficient (Wildman–Crippen LogP) is 3.93. The van der Waals surface area contributed by atoms with Gasteiger partial charge in [0.15, 0.2) is 17.3 Å². The molecule has 4 aromatic rings. The molecule has 1 aliphatic rings. The minimum Gasteiger partial charge on any atom is -0.460 e. The molecule has 2 aromatic heterocycles. The van der Waals surface area contributed by atoms with Gasteiger partial charge >= 0.3 is 0 Å². The first-order chi connectivity index (χ1) is 15.2. The lowest BCUT2D eigenvalue weighted by Gasteiger charge is -2.01. The van der Waals surface area contributed by atoms with Crippen molar-refractivity contribution in [2.75, 3.05) is 6.79 Å². The SMILES string of the molecule is Cc1ccc(-c2nn(-c3ccccc3)cc2/C=N\NC(=O)c2ccc3c(c2)OCO3)o1. The summed E-state index contributed by atoms with van der Waals surface area (Å²) in [5.74, 6) is 2.20. The Bertz CT molecular complexity index is 1270. The Kier molecular flexibility index (Phi) is 4.72. The maximum atomic E-state index is 12.5. The number of ether oxygens (including phenoxy) is 2. The van der Waals surface area contributed by atoms with Crippen molar-refractivity contribution < 1.29 is 18.7 Å². The molecule has 2 aromatic carbocycles. The summed E-state index contributed by atoms with van der Waals surface area (Å²) < 4.78 is 18.1. The minimum atomic E-state index is -0.361. The molecule has 0 unspecified atom stereocenters. The molecule has 0 saturated heterocycles. The van der Waals surface area contributed by atoms with Crippen LogP contribution in [0.15, 0.2) is 76.4 Å². The van der Waals surface area contributed by atoms with Crippen molar-refractivity contribution in [3.8, 4) is 28.6 Å². The van der Waals surface area contributed by atoms with Crippen molar-refractivity contribution in [1.82, 2.24) is 15.2 Å². The summed E-state index contributed by atoms with van der Waals surface area (Å²) in [4.78, 5) is 12.5. The fraction of sp³-hybridized carbons (Fsp3) is 0.0870. The molecule has 0 atom stereocenters. The smallest absolute Gasteiger partial charge is 0.271 e. The normalized spacial score (nSPS) is 12.4. The summed E-state index contributed by atoms with van der Waals surface area (Å²) in [7, 11) is 0. The van der Waals surface area contributed by atoms with E-state index in [0.29, 0.717) is 34.1 Å². The van der Waals surface area contributed by atoms with E-state index in [-0.39, 0.29) is 12.7 Å². The number of amides is 1. The molecule has 3 heterocycles. The van der Waals surface area contributed by atoms with E-state index in [4.69, 9.17) is 13.9 Å². The first-order valence-electron chi connectivity index (χ1n) is 9.62. The predicted molar refractivity (Wildman–Crippen MR) is 114 cm³/mol. The van der Waals surface area contributed by atoms with E-state index < -0.39 is 0 Å². The van der Waals surface area contributed by atoms with Crippen LogP contribution in [0.1, 0.15) is 21.7 Å². The second-order valence-corrected chi connectivity index (χ2v) is 6.89. The molecule has 0 spiro atoms. The summed E-state index contributed by atoms with van der Waals surface area (Å²) in [5.41, 5.74) is 5.18. The van der Waals surface area contributed by atoms with E-state index in [0.717, 1.165) is 11.4 Å². The molecule has 8 nitrogen and oxygen atoms in total. The molecule has 31 heavy (non-hydrogen) atoms. The maximum Gasteiger partial charge on any atom is 0.271 e. The highest BCUT2D eigenvalue weighted by atomic mass is 16.7. The molecule has 1 aliphatic heterocycles. The summed E-state index contributed by atoms with van der Waals surface area (Å²) in [6.07, 6.45) is 3.38. The Hall–Kier alpha value is -4.33. The summed E-state index contributed by atoms with van der Waals surface area (Å²) >= 11 is 0. The largest absolute Gasteiger partial charge is 0.460 e. The van der Waals surface area contributed by atoms with Crippen LogP contribution in [0.25, 0.3) is 17.1 Å². The number of para-hydroxylation sites is 1. The summed E-state index contributed by atoms with van der Waals surface area (Å²) in [5, 5.41) is 8.77. The molecule has 8 heteroatoms. The van der Waals surface area contributed by atoms with Crippen molar-refractivity contribution in [2.45, 2.75) is 6.92 Å². The van der Waals surface area contributed by atoms with E-state index in [1.807, 2.05) is 55.6 Å². The number of carbonyl (C=O) groups is 1. The number of fused-ring (bicyclic) bond motifs is 1. The van der Waals surface area contributed by atoms with Gasteiger partial charge in [0, 0.05) is 17.3 Å². The molecule has 0 aliphatic carbocycles. The van der Waals surface area contributed by atoms with Gasteiger partial charge < -0.3 is 13.9 Å². The lowest BCUT2D eigenvalue weighted by Crippen LogP contribution is -2.17. The molecule has 0 bridgehead atoms. The molecular weight excluding hydrogens is 396 g/mol. The zero-order valence-corrected chi connectivity index (χ0v) is 16.6. The fourth-order valence-corrected chi connectivity index (χ4v) is 3.21. The first-order valence-corrected chi connectivity index (χ1v) is 9.62. The van der Waals surface area contributed by atoms with Gasteiger partial charge in [0.25, 0.3) is 5.91 Å². The Labute approximate surface area is 177 Å². The third-order valence-electron chi connectivity index (χ3n) is 4.74. The lowest BCUT2D eigenvalue weighted by molar-refractivity contribution is 0.0954. The van der Waals surface area contributed by atoms with Crippen LogP contribution in [-0.2, 0) is 0 Å². The molecule has 0 radical (unpaired) electrons. The quantitative estimate of drug-likeness (QED) is 0.395. The zero-order chi connectivity index (χ0) is 21.2. The van der Waals surface area contributed by atoms with Crippen LogP contribution in [-0.4, -0.2) is 28.7 Å². The molecular formula is C23H18N4O4. The van der Waals surface area contributed by atoms with E-state index in [2.05, 4.69) is 15.6 Å². The summed E-state index contributed by atoms with van der Waals surface area (Å²) in [6.45, 7) is 2.02. The zero-order valence-electron chi connectivity index (χ0n) is 16.6. The van der Waals surface area contributed by atoms with Crippen molar-refractivity contribution in [3.63, 3.8) is 0 Å². The number of furan rings is 1. The van der Waals surface area contributed by atoms with E-state index in [1.54, 1.807) is 29.1 Å². The molecule has 0 saturated carbocycles. The van der Waals surface area contributed by atoms with Crippen LogP contribution in [0, 0.1) is 6.92 Å². The van der Waals surface area contributed by atoms with Gasteiger partial charge in [-0.25, -0.2) is 10.1 Å². The third kappa shape index (κ3) is 3.78. The third-order valence-corrected chi connectivity index (χ3v) is 4.74. The van der Waals surface area contributed by atoms with Gasteiger partial charge in [-0.05, 0) is 49.4 Å². The fourth-order valence-electron chi connectivity index (χ4n) is 3.21. The number of aryl methyl sites for hydroxylation is 1. The Balaban J connectivity index is 1.40. The van der Waals surface area contributed by atoms with Crippen LogP contribution >= 0.6 is 0 Å². The number of nitrogens with zero attached hydrogens (tertiary/aromatic N) is 3. The Morgan fingerprint density at radius 3 is 2.74 bits per heavy atom. The minimum absolute atomic E-state index is 0.152. The van der Waals surface area contributed by atoms with Crippen molar-refractivity contribution in [2.24, 2.45) is 5.10 Å². The van der Waals surface area contributed by atoms with Crippen LogP contribution < -0.4 is 14.9 Å². The van der Waals surface area contributed by atoms with E-state index >= 15 is 0 Å². The van der Waals surface area contributed by atoms with Crippen LogP contribution in [0.3, 0.4) is 0 Å². The number of aromatic nitrogens is 2. The highest BCUT2D eigenvalue weighted by Gasteiger charge is 2.17. The average molecular weight is 414 g/mol. The van der Waals surface area contributed by atoms with Gasteiger partial charge in [0.05, 0.1) is 11.9 Å². The number of hydrogen-bond acceptors (Lipinski definition) is 6. The second kappa shape index (κ2) is 7.83. The highest BCUT2D eigenvalue weighted by molar-refractivity contribution is 5.96. The molecule has 0 fully saturated rings. The van der Waals surface area contributed by atoms with Crippen LogP contribution in [0.4, 0.5) is 0 Å². The molecule has 1 amide bonds. The first kappa shape index (κ1) is 18.7. The maximum absolute atomic E-state index is 12.5. The van der Waals surface area contributed by atoms with Crippen LogP contribution in [0.2, 0.25) is 0 Å². The molecule has 154 valence electrons. The van der Waals surface area contributed by atoms with Gasteiger partial charge in [-0.15, -0.1) is 0 Å². The second-order valence-electron chi connectivity index (χ2n) is 6.89. The standard InChI is InChI=1S/C23H18N4O4/c1-15-7-9-20(31-15)22-17(13-27(26-22)18-5-3-2-4-6-18)12-24-25-23(28)16-8-10-19-21(11-16)30-14-29-19/h2-13H,14H2,1H3,(H,25,28)/b24-12-. The monoisotopic (exact) mass is 414 g/mol. The molecule has 5 rings (SSSR count). The van der Waals surface area contributed by atoms with E-state index in [1.165, 1.54) is 0 Å². The van der Waals surface area contributed by atoms with Crippen molar-refractivity contribution in [3.05, 3.63) is 83.7 Å². The van der Waals surface area contributed by atoms with Crippen LogP contribution in [0.5, 0.6) is 11.5 Å². The summed E-state index contributed by atoms with van der Waals surface area (Å²) in [6, 6.07) is 18.4. The average Bonchev–Trinajstić information content (AvgIpc) is 3.53.